The van der Waals surface area contributed by atoms with Crippen molar-refractivity contribution in [2.24, 2.45) is 0 Å². The lowest BCUT2D eigenvalue weighted by molar-refractivity contribution is -0.130. The third-order valence-corrected chi connectivity index (χ3v) is 6.76. The molecule has 0 aliphatic rings. The SMILES string of the molecule is COc1ccc(/C=C/C(=O)N(CCN(Cc2ccccc2)C(=O)/C=C/c2ccc(OC)cc2)Cc2ccccc2)cc1. The lowest BCUT2D eigenvalue weighted by atomic mass is 10.1. The van der Waals surface area contributed by atoms with Crippen LogP contribution in [0.1, 0.15) is 22.3 Å². The van der Waals surface area contributed by atoms with Crippen molar-refractivity contribution in [1.82, 2.24) is 9.80 Å². The minimum Gasteiger partial charge on any atom is -0.497 e. The van der Waals surface area contributed by atoms with Gasteiger partial charge in [0.1, 0.15) is 11.5 Å². The minimum atomic E-state index is -0.129. The Labute approximate surface area is 248 Å². The summed E-state index contributed by atoms with van der Waals surface area (Å²) in [5.74, 6) is 1.26. The van der Waals surface area contributed by atoms with Gasteiger partial charge in [0.15, 0.2) is 0 Å². The number of methoxy groups -OCH3 is 2. The molecule has 42 heavy (non-hydrogen) atoms. The largest absolute Gasteiger partial charge is 0.497 e. The molecule has 2 amide bonds. The molecule has 4 rings (SSSR count). The summed E-state index contributed by atoms with van der Waals surface area (Å²) >= 11 is 0. The van der Waals surface area contributed by atoms with E-state index in [4.69, 9.17) is 9.47 Å². The van der Waals surface area contributed by atoms with Crippen LogP contribution in [0, 0.1) is 0 Å². The molecule has 214 valence electrons. The summed E-state index contributed by atoms with van der Waals surface area (Å²) in [7, 11) is 3.24. The highest BCUT2D eigenvalue weighted by molar-refractivity contribution is 5.93. The van der Waals surface area contributed by atoms with E-state index in [9.17, 15) is 9.59 Å². The molecule has 0 spiro atoms. The third kappa shape index (κ3) is 9.24. The Bertz CT molecular complexity index is 1350. The van der Waals surface area contributed by atoms with Gasteiger partial charge in [0, 0.05) is 38.3 Å². The zero-order valence-electron chi connectivity index (χ0n) is 24.1. The van der Waals surface area contributed by atoms with E-state index in [1.165, 1.54) is 0 Å². The maximum Gasteiger partial charge on any atom is 0.246 e. The molecule has 0 heterocycles. The number of hydrogen-bond acceptors (Lipinski definition) is 4. The summed E-state index contributed by atoms with van der Waals surface area (Å²) in [5, 5.41) is 0. The van der Waals surface area contributed by atoms with E-state index < -0.39 is 0 Å². The Morgan fingerprint density at radius 2 is 0.905 bits per heavy atom. The van der Waals surface area contributed by atoms with Gasteiger partial charge in [-0.15, -0.1) is 0 Å². The molecular formula is C36H36N2O4. The quantitative estimate of drug-likeness (QED) is 0.176. The second kappa shape index (κ2) is 15.6. The molecule has 6 nitrogen and oxygen atoms in total. The summed E-state index contributed by atoms with van der Waals surface area (Å²) in [4.78, 5) is 30.4. The van der Waals surface area contributed by atoms with Crippen molar-refractivity contribution < 1.29 is 19.1 Å². The average Bonchev–Trinajstić information content (AvgIpc) is 3.05. The summed E-state index contributed by atoms with van der Waals surface area (Å²) in [6.45, 7) is 1.61. The molecule has 0 radical (unpaired) electrons. The number of nitrogens with zero attached hydrogens (tertiary/aromatic N) is 2. The molecule has 0 aromatic heterocycles. The lowest BCUT2D eigenvalue weighted by Crippen LogP contribution is -2.39. The maximum atomic E-state index is 13.4. The Balaban J connectivity index is 1.51. The van der Waals surface area contributed by atoms with E-state index in [0.717, 1.165) is 33.8 Å². The molecule has 0 aliphatic carbocycles. The Kier molecular flexibility index (Phi) is 11.1. The van der Waals surface area contributed by atoms with Crippen molar-refractivity contribution >= 4 is 24.0 Å². The van der Waals surface area contributed by atoms with Crippen LogP contribution in [0.4, 0.5) is 0 Å². The molecular weight excluding hydrogens is 524 g/mol. The van der Waals surface area contributed by atoms with Crippen molar-refractivity contribution in [2.75, 3.05) is 27.3 Å². The van der Waals surface area contributed by atoms with Crippen molar-refractivity contribution in [3.05, 3.63) is 144 Å². The van der Waals surface area contributed by atoms with Crippen LogP contribution in [0.2, 0.25) is 0 Å². The molecule has 4 aromatic rings. The number of hydrogen-bond donors (Lipinski definition) is 0. The monoisotopic (exact) mass is 560 g/mol. The Hall–Kier alpha value is -5.10. The number of carbonyl (C=O) groups excluding carboxylic acids is 2. The average molecular weight is 561 g/mol. The normalized spacial score (nSPS) is 11.0. The van der Waals surface area contributed by atoms with Crippen molar-refractivity contribution in [3.8, 4) is 11.5 Å². The van der Waals surface area contributed by atoms with Crippen molar-refractivity contribution in [1.29, 1.82) is 0 Å². The molecule has 0 fully saturated rings. The zero-order chi connectivity index (χ0) is 29.6. The summed E-state index contributed by atoms with van der Waals surface area (Å²) in [6.07, 6.45) is 6.75. The van der Waals surface area contributed by atoms with E-state index in [1.54, 1.807) is 48.3 Å². The number of benzene rings is 4. The molecule has 0 N–H and O–H groups in total. The Morgan fingerprint density at radius 3 is 1.24 bits per heavy atom. The van der Waals surface area contributed by atoms with E-state index in [0.29, 0.717) is 26.2 Å². The Morgan fingerprint density at radius 1 is 0.548 bits per heavy atom. The molecule has 0 aliphatic heterocycles. The van der Waals surface area contributed by atoms with Gasteiger partial charge >= 0.3 is 0 Å². The molecule has 0 unspecified atom stereocenters. The van der Waals surface area contributed by atoms with Crippen LogP contribution in [0.3, 0.4) is 0 Å². The van der Waals surface area contributed by atoms with Gasteiger partial charge in [-0.25, -0.2) is 0 Å². The number of carbonyl (C=O) groups is 2. The first kappa shape index (κ1) is 29.9. The fraction of sp³-hybridized carbons (Fsp3) is 0.167. The van der Waals surface area contributed by atoms with Crippen LogP contribution in [-0.2, 0) is 22.7 Å². The molecule has 6 heteroatoms. The van der Waals surface area contributed by atoms with Crippen LogP contribution in [0.15, 0.2) is 121 Å². The van der Waals surface area contributed by atoms with Crippen LogP contribution in [0.5, 0.6) is 11.5 Å². The third-order valence-electron chi connectivity index (χ3n) is 6.76. The second-order valence-electron chi connectivity index (χ2n) is 9.70. The van der Waals surface area contributed by atoms with E-state index in [2.05, 4.69) is 0 Å². The van der Waals surface area contributed by atoms with Gasteiger partial charge in [-0.1, -0.05) is 84.9 Å². The fourth-order valence-electron chi connectivity index (χ4n) is 4.36. The highest BCUT2D eigenvalue weighted by Gasteiger charge is 2.17. The van der Waals surface area contributed by atoms with Gasteiger partial charge in [-0.05, 0) is 58.7 Å². The van der Waals surface area contributed by atoms with Gasteiger partial charge in [0.05, 0.1) is 14.2 Å². The van der Waals surface area contributed by atoms with Crippen LogP contribution in [-0.4, -0.2) is 48.9 Å². The summed E-state index contributed by atoms with van der Waals surface area (Å²) in [5.41, 5.74) is 3.83. The van der Waals surface area contributed by atoms with Gasteiger partial charge in [-0.3, -0.25) is 9.59 Å². The standard InChI is InChI=1S/C36H36N2O4/c1-41-33-19-13-29(14-20-33)17-23-35(39)37(27-31-9-5-3-6-10-31)25-26-38(28-32-11-7-4-8-12-32)36(40)24-18-30-15-21-34(42-2)22-16-30/h3-24H,25-28H2,1-2H3/b23-17+,24-18+. The van der Waals surface area contributed by atoms with E-state index in [-0.39, 0.29) is 11.8 Å². The topological polar surface area (TPSA) is 59.1 Å². The summed E-state index contributed by atoms with van der Waals surface area (Å²) < 4.78 is 10.5. The highest BCUT2D eigenvalue weighted by Crippen LogP contribution is 2.15. The lowest BCUT2D eigenvalue weighted by Gasteiger charge is -2.27. The van der Waals surface area contributed by atoms with Crippen molar-refractivity contribution in [2.45, 2.75) is 13.1 Å². The smallest absolute Gasteiger partial charge is 0.246 e. The molecule has 0 bridgehead atoms. The van der Waals surface area contributed by atoms with Crippen LogP contribution in [0.25, 0.3) is 12.2 Å². The van der Waals surface area contributed by atoms with Gasteiger partial charge in [0.2, 0.25) is 11.8 Å². The first-order valence-corrected chi connectivity index (χ1v) is 13.8. The first-order valence-electron chi connectivity index (χ1n) is 13.8. The molecule has 0 saturated heterocycles. The number of ether oxygens (including phenoxy) is 2. The predicted octanol–water partition coefficient (Wildman–Crippen LogP) is 6.49. The molecule has 0 saturated carbocycles. The number of amides is 2. The predicted molar refractivity (Wildman–Crippen MR) is 168 cm³/mol. The summed E-state index contributed by atoms with van der Waals surface area (Å²) in [6, 6.07) is 34.8. The number of rotatable bonds is 13. The first-order chi connectivity index (χ1) is 20.5. The van der Waals surface area contributed by atoms with Gasteiger partial charge in [-0.2, -0.15) is 0 Å². The van der Waals surface area contributed by atoms with Crippen LogP contribution >= 0.6 is 0 Å². The van der Waals surface area contributed by atoms with E-state index >= 15 is 0 Å². The van der Waals surface area contributed by atoms with Gasteiger partial charge in [0.25, 0.3) is 0 Å². The molecule has 4 aromatic carbocycles. The van der Waals surface area contributed by atoms with E-state index in [1.807, 2.05) is 109 Å². The zero-order valence-corrected chi connectivity index (χ0v) is 24.1. The maximum absolute atomic E-state index is 13.4. The van der Waals surface area contributed by atoms with Crippen molar-refractivity contribution in [3.63, 3.8) is 0 Å². The van der Waals surface area contributed by atoms with Crippen LogP contribution < -0.4 is 9.47 Å². The fourth-order valence-corrected chi connectivity index (χ4v) is 4.36. The highest BCUT2D eigenvalue weighted by atomic mass is 16.5. The second-order valence-corrected chi connectivity index (χ2v) is 9.70. The van der Waals surface area contributed by atoms with Gasteiger partial charge < -0.3 is 19.3 Å². The minimum absolute atomic E-state index is 0.129. The molecule has 0 atom stereocenters.